The standard InChI is InChI=1S/C33H33FN4O2/c1-5-37(4)27-18-19-35-33(21-27)40-30-12-6-24(7-13-30)31-22-38(32(36-31)20-23(2)3)26-10-16-29(17-11-26)39-28-14-8-25(34)9-15-28/h6-19,21-23H,5,20H2,1-4H3. The number of nitrogens with zero attached hydrogens (tertiary/aromatic N) is 4. The predicted octanol–water partition coefficient (Wildman–Crippen LogP) is 8.31. The first-order valence-corrected chi connectivity index (χ1v) is 13.5. The molecule has 40 heavy (non-hydrogen) atoms. The Kier molecular flexibility index (Phi) is 8.10. The molecule has 0 fully saturated rings. The Morgan fingerprint density at radius 3 is 2.12 bits per heavy atom. The van der Waals surface area contributed by atoms with E-state index in [1.54, 1.807) is 18.3 Å². The fourth-order valence-electron chi connectivity index (χ4n) is 4.29. The summed E-state index contributed by atoms with van der Waals surface area (Å²) in [4.78, 5) is 11.5. The van der Waals surface area contributed by atoms with Crippen molar-refractivity contribution in [1.82, 2.24) is 14.5 Å². The van der Waals surface area contributed by atoms with Gasteiger partial charge in [0.15, 0.2) is 0 Å². The van der Waals surface area contributed by atoms with Gasteiger partial charge in [0, 0.05) is 55.4 Å². The van der Waals surface area contributed by atoms with Gasteiger partial charge in [0.1, 0.15) is 28.9 Å². The molecule has 3 aromatic carbocycles. The van der Waals surface area contributed by atoms with Crippen molar-refractivity contribution in [3.63, 3.8) is 0 Å². The van der Waals surface area contributed by atoms with E-state index in [1.807, 2.05) is 67.7 Å². The molecule has 7 heteroatoms. The number of anilines is 1. The number of ether oxygens (including phenoxy) is 2. The first-order chi connectivity index (χ1) is 19.4. The molecule has 0 radical (unpaired) electrons. The first-order valence-electron chi connectivity index (χ1n) is 13.5. The largest absolute Gasteiger partial charge is 0.457 e. The first kappa shape index (κ1) is 26.9. The van der Waals surface area contributed by atoms with E-state index >= 15 is 0 Å². The molecule has 0 saturated heterocycles. The molecule has 0 atom stereocenters. The lowest BCUT2D eigenvalue weighted by Crippen LogP contribution is -2.15. The van der Waals surface area contributed by atoms with E-state index in [2.05, 4.69) is 41.4 Å². The number of hydrogen-bond donors (Lipinski definition) is 0. The maximum Gasteiger partial charge on any atom is 0.221 e. The minimum absolute atomic E-state index is 0.291. The predicted molar refractivity (Wildman–Crippen MR) is 157 cm³/mol. The minimum atomic E-state index is -0.291. The summed E-state index contributed by atoms with van der Waals surface area (Å²) in [6, 6.07) is 25.6. The third-order valence-corrected chi connectivity index (χ3v) is 6.54. The highest BCUT2D eigenvalue weighted by Crippen LogP contribution is 2.29. The van der Waals surface area contributed by atoms with Crippen LogP contribution >= 0.6 is 0 Å². The fraction of sp³-hybridized carbons (Fsp3) is 0.212. The Labute approximate surface area is 234 Å². The fourth-order valence-corrected chi connectivity index (χ4v) is 4.29. The van der Waals surface area contributed by atoms with Gasteiger partial charge in [0.05, 0.1) is 5.69 Å². The van der Waals surface area contributed by atoms with E-state index < -0.39 is 0 Å². The third-order valence-electron chi connectivity index (χ3n) is 6.54. The van der Waals surface area contributed by atoms with E-state index in [0.717, 1.165) is 41.4 Å². The van der Waals surface area contributed by atoms with Crippen LogP contribution in [0.1, 0.15) is 26.6 Å². The van der Waals surface area contributed by atoms with Gasteiger partial charge in [-0.15, -0.1) is 0 Å². The second-order valence-electron chi connectivity index (χ2n) is 10.1. The van der Waals surface area contributed by atoms with Gasteiger partial charge in [-0.05, 0) is 91.7 Å². The van der Waals surface area contributed by atoms with Crippen LogP contribution in [0.2, 0.25) is 0 Å². The highest BCUT2D eigenvalue weighted by Gasteiger charge is 2.14. The topological polar surface area (TPSA) is 52.4 Å². The molecule has 0 aliphatic rings. The zero-order valence-electron chi connectivity index (χ0n) is 23.2. The van der Waals surface area contributed by atoms with Crippen LogP contribution in [0.4, 0.5) is 10.1 Å². The Morgan fingerprint density at radius 1 is 0.850 bits per heavy atom. The van der Waals surface area contributed by atoms with Crippen LogP contribution in [0.5, 0.6) is 23.1 Å². The molecule has 0 saturated carbocycles. The van der Waals surface area contributed by atoms with Crippen LogP contribution in [0.25, 0.3) is 16.9 Å². The molecule has 5 rings (SSSR count). The number of rotatable bonds is 10. The van der Waals surface area contributed by atoms with Crippen LogP contribution in [-0.2, 0) is 6.42 Å². The van der Waals surface area contributed by atoms with Crippen LogP contribution in [-0.4, -0.2) is 28.1 Å². The molecule has 2 heterocycles. The Balaban J connectivity index is 1.35. The van der Waals surface area contributed by atoms with Gasteiger partial charge in [0.25, 0.3) is 0 Å². The molecule has 5 aromatic rings. The van der Waals surface area contributed by atoms with E-state index in [4.69, 9.17) is 14.5 Å². The van der Waals surface area contributed by atoms with Crippen molar-refractivity contribution in [2.75, 3.05) is 18.5 Å². The van der Waals surface area contributed by atoms with Crippen LogP contribution in [0, 0.1) is 11.7 Å². The van der Waals surface area contributed by atoms with Gasteiger partial charge in [-0.3, -0.25) is 0 Å². The van der Waals surface area contributed by atoms with Crippen molar-refractivity contribution < 1.29 is 13.9 Å². The minimum Gasteiger partial charge on any atom is -0.457 e. The van der Waals surface area contributed by atoms with Gasteiger partial charge in [-0.1, -0.05) is 13.8 Å². The second kappa shape index (κ2) is 12.0. The number of pyridine rings is 1. The van der Waals surface area contributed by atoms with E-state index in [9.17, 15) is 4.39 Å². The molecule has 0 N–H and O–H groups in total. The average Bonchev–Trinajstić information content (AvgIpc) is 3.37. The van der Waals surface area contributed by atoms with Crippen molar-refractivity contribution in [3.8, 4) is 40.1 Å². The Bertz CT molecular complexity index is 1550. The van der Waals surface area contributed by atoms with Crippen LogP contribution in [0.3, 0.4) is 0 Å². The molecule has 0 amide bonds. The maximum absolute atomic E-state index is 13.2. The highest BCUT2D eigenvalue weighted by atomic mass is 19.1. The van der Waals surface area contributed by atoms with E-state index in [-0.39, 0.29) is 5.82 Å². The lowest BCUT2D eigenvalue weighted by atomic mass is 10.1. The van der Waals surface area contributed by atoms with Crippen molar-refractivity contribution in [2.24, 2.45) is 5.92 Å². The molecule has 0 unspecified atom stereocenters. The van der Waals surface area contributed by atoms with Gasteiger partial charge in [-0.2, -0.15) is 0 Å². The van der Waals surface area contributed by atoms with Crippen LogP contribution in [0.15, 0.2) is 97.3 Å². The smallest absolute Gasteiger partial charge is 0.221 e. The van der Waals surface area contributed by atoms with Crippen molar-refractivity contribution in [2.45, 2.75) is 27.2 Å². The van der Waals surface area contributed by atoms with Crippen molar-refractivity contribution in [1.29, 1.82) is 0 Å². The van der Waals surface area contributed by atoms with E-state index in [0.29, 0.717) is 29.0 Å². The summed E-state index contributed by atoms with van der Waals surface area (Å²) >= 11 is 0. The lowest BCUT2D eigenvalue weighted by molar-refractivity contribution is 0.463. The number of halogens is 1. The molecule has 0 spiro atoms. The summed E-state index contributed by atoms with van der Waals surface area (Å²) in [5, 5.41) is 0. The number of hydrogen-bond acceptors (Lipinski definition) is 5. The molecular weight excluding hydrogens is 503 g/mol. The quantitative estimate of drug-likeness (QED) is 0.180. The monoisotopic (exact) mass is 536 g/mol. The zero-order chi connectivity index (χ0) is 28.1. The van der Waals surface area contributed by atoms with Gasteiger partial charge in [0.2, 0.25) is 5.88 Å². The van der Waals surface area contributed by atoms with Crippen molar-refractivity contribution >= 4 is 5.69 Å². The summed E-state index contributed by atoms with van der Waals surface area (Å²) < 4.78 is 27.2. The zero-order valence-corrected chi connectivity index (χ0v) is 23.2. The summed E-state index contributed by atoms with van der Waals surface area (Å²) in [6.07, 6.45) is 4.66. The van der Waals surface area contributed by atoms with Crippen molar-refractivity contribution in [3.05, 3.63) is 109 Å². The molecule has 0 aliphatic heterocycles. The van der Waals surface area contributed by atoms with Gasteiger partial charge < -0.3 is 18.9 Å². The molecular formula is C33H33FN4O2. The average molecular weight is 537 g/mol. The number of imidazole rings is 1. The molecule has 204 valence electrons. The molecule has 6 nitrogen and oxygen atoms in total. The van der Waals surface area contributed by atoms with Gasteiger partial charge in [-0.25, -0.2) is 14.4 Å². The summed E-state index contributed by atoms with van der Waals surface area (Å²) in [5.74, 6) is 3.68. The van der Waals surface area contributed by atoms with Crippen LogP contribution < -0.4 is 14.4 Å². The second-order valence-corrected chi connectivity index (χ2v) is 10.1. The molecule has 0 aliphatic carbocycles. The maximum atomic E-state index is 13.2. The Hall–Kier alpha value is -4.65. The molecule has 0 bridgehead atoms. The van der Waals surface area contributed by atoms with E-state index in [1.165, 1.54) is 12.1 Å². The lowest BCUT2D eigenvalue weighted by Gasteiger charge is -2.17. The molecule has 2 aromatic heterocycles. The van der Waals surface area contributed by atoms with Gasteiger partial charge >= 0.3 is 0 Å². The highest BCUT2D eigenvalue weighted by molar-refractivity contribution is 5.61. The summed E-state index contributed by atoms with van der Waals surface area (Å²) in [6.45, 7) is 7.38. The number of aromatic nitrogens is 3. The Morgan fingerprint density at radius 2 is 1.48 bits per heavy atom. The normalized spacial score (nSPS) is 11.1. The summed E-state index contributed by atoms with van der Waals surface area (Å²) in [7, 11) is 2.04. The SMILES string of the molecule is CCN(C)c1ccnc(Oc2ccc(-c3cn(-c4ccc(Oc5ccc(F)cc5)cc4)c(CC(C)C)n3)cc2)c1. The third kappa shape index (κ3) is 6.49. The summed E-state index contributed by atoms with van der Waals surface area (Å²) in [5.41, 5.74) is 3.93. The number of benzene rings is 3.